The minimum Gasteiger partial charge on any atom is -0.384 e. The Morgan fingerprint density at radius 3 is 2.59 bits per heavy atom. The number of carbonyl (C=O) groups is 1. The third kappa shape index (κ3) is 3.96. The molecule has 0 saturated heterocycles. The molecule has 116 valence electrons. The van der Waals surface area contributed by atoms with Gasteiger partial charge in [-0.15, -0.1) is 0 Å². The van der Waals surface area contributed by atoms with E-state index < -0.39 is 17.4 Å². The van der Waals surface area contributed by atoms with Crippen LogP contribution in [0.2, 0.25) is 5.02 Å². The molecule has 22 heavy (non-hydrogen) atoms. The summed E-state index contributed by atoms with van der Waals surface area (Å²) in [4.78, 5) is 11.8. The standard InChI is InChI=1S/C16H16ClFN2O2/c1-16(22,11-6-3-2-4-7-11)10-19-15(21)20-13-9-5-8-12(17)14(13)18/h2-9,22H,10H2,1H3,(H2,19,20,21). The summed E-state index contributed by atoms with van der Waals surface area (Å²) in [6.07, 6.45) is 0. The molecule has 2 aromatic rings. The van der Waals surface area contributed by atoms with E-state index in [0.29, 0.717) is 5.56 Å². The van der Waals surface area contributed by atoms with Gasteiger partial charge in [-0.3, -0.25) is 0 Å². The van der Waals surface area contributed by atoms with E-state index in [2.05, 4.69) is 10.6 Å². The summed E-state index contributed by atoms with van der Waals surface area (Å²) in [6, 6.07) is 12.6. The van der Waals surface area contributed by atoms with Crippen LogP contribution in [0.1, 0.15) is 12.5 Å². The Morgan fingerprint density at radius 2 is 1.91 bits per heavy atom. The first kappa shape index (κ1) is 16.3. The van der Waals surface area contributed by atoms with Gasteiger partial charge in [0.25, 0.3) is 0 Å². The van der Waals surface area contributed by atoms with E-state index in [0.717, 1.165) is 0 Å². The lowest BCUT2D eigenvalue weighted by Gasteiger charge is -2.24. The monoisotopic (exact) mass is 322 g/mol. The molecule has 2 aromatic carbocycles. The van der Waals surface area contributed by atoms with Gasteiger partial charge in [0.2, 0.25) is 0 Å². The largest absolute Gasteiger partial charge is 0.384 e. The van der Waals surface area contributed by atoms with Crippen LogP contribution in [-0.4, -0.2) is 17.7 Å². The van der Waals surface area contributed by atoms with Gasteiger partial charge >= 0.3 is 6.03 Å². The molecule has 2 amide bonds. The number of amides is 2. The molecule has 0 fully saturated rings. The molecule has 4 nitrogen and oxygen atoms in total. The molecule has 0 aliphatic rings. The zero-order valence-electron chi connectivity index (χ0n) is 11.9. The number of benzene rings is 2. The van der Waals surface area contributed by atoms with Crippen molar-refractivity contribution in [1.82, 2.24) is 5.32 Å². The zero-order chi connectivity index (χ0) is 16.2. The highest BCUT2D eigenvalue weighted by Crippen LogP contribution is 2.22. The van der Waals surface area contributed by atoms with Gasteiger partial charge in [-0.2, -0.15) is 0 Å². The Bertz CT molecular complexity index is 662. The van der Waals surface area contributed by atoms with Crippen LogP contribution in [0.3, 0.4) is 0 Å². The fraction of sp³-hybridized carbons (Fsp3) is 0.188. The second-order valence-electron chi connectivity index (χ2n) is 5.05. The minimum atomic E-state index is -1.23. The Hall–Kier alpha value is -2.11. The maximum atomic E-state index is 13.7. The van der Waals surface area contributed by atoms with E-state index in [1.54, 1.807) is 31.2 Å². The molecule has 0 saturated carbocycles. The Morgan fingerprint density at radius 1 is 1.23 bits per heavy atom. The van der Waals surface area contributed by atoms with Gasteiger partial charge in [0.1, 0.15) is 5.60 Å². The molecule has 6 heteroatoms. The number of carbonyl (C=O) groups excluding carboxylic acids is 1. The summed E-state index contributed by atoms with van der Waals surface area (Å²) in [5, 5.41) is 15.1. The summed E-state index contributed by atoms with van der Waals surface area (Å²) < 4.78 is 13.7. The Kier molecular flexibility index (Phi) is 5.00. The van der Waals surface area contributed by atoms with Crippen molar-refractivity contribution in [3.05, 3.63) is 64.9 Å². The van der Waals surface area contributed by atoms with Crippen LogP contribution in [0.4, 0.5) is 14.9 Å². The van der Waals surface area contributed by atoms with Gasteiger partial charge < -0.3 is 15.7 Å². The van der Waals surface area contributed by atoms with Crippen molar-refractivity contribution in [1.29, 1.82) is 0 Å². The van der Waals surface area contributed by atoms with Crippen LogP contribution >= 0.6 is 11.6 Å². The molecule has 0 aliphatic carbocycles. The average molecular weight is 323 g/mol. The molecule has 0 aliphatic heterocycles. The zero-order valence-corrected chi connectivity index (χ0v) is 12.7. The van der Waals surface area contributed by atoms with Crippen molar-refractivity contribution in [2.45, 2.75) is 12.5 Å². The van der Waals surface area contributed by atoms with E-state index in [9.17, 15) is 14.3 Å². The van der Waals surface area contributed by atoms with Gasteiger partial charge in [-0.25, -0.2) is 9.18 Å². The van der Waals surface area contributed by atoms with Crippen molar-refractivity contribution in [3.63, 3.8) is 0 Å². The number of hydrogen-bond acceptors (Lipinski definition) is 2. The number of rotatable bonds is 4. The van der Waals surface area contributed by atoms with Crippen LogP contribution in [0.25, 0.3) is 0 Å². The predicted octanol–water partition coefficient (Wildman–Crippen LogP) is 3.51. The molecule has 1 atom stereocenters. The van der Waals surface area contributed by atoms with E-state index in [-0.39, 0.29) is 17.3 Å². The van der Waals surface area contributed by atoms with Gasteiger partial charge in [0.05, 0.1) is 17.3 Å². The van der Waals surface area contributed by atoms with Crippen LogP contribution < -0.4 is 10.6 Å². The van der Waals surface area contributed by atoms with E-state index >= 15 is 0 Å². The lowest BCUT2D eigenvalue weighted by Crippen LogP contribution is -2.40. The molecule has 0 bridgehead atoms. The first-order valence-corrected chi connectivity index (χ1v) is 7.05. The van der Waals surface area contributed by atoms with E-state index in [1.165, 1.54) is 18.2 Å². The molecule has 2 rings (SSSR count). The predicted molar refractivity (Wildman–Crippen MR) is 84.4 cm³/mol. The van der Waals surface area contributed by atoms with Crippen molar-refractivity contribution in [2.24, 2.45) is 0 Å². The number of nitrogens with one attached hydrogen (secondary N) is 2. The maximum absolute atomic E-state index is 13.7. The molecule has 0 heterocycles. The van der Waals surface area contributed by atoms with Crippen LogP contribution in [0.5, 0.6) is 0 Å². The molecule has 0 spiro atoms. The third-order valence-electron chi connectivity index (χ3n) is 3.19. The Balaban J connectivity index is 1.97. The second-order valence-corrected chi connectivity index (χ2v) is 5.46. The molecule has 0 aromatic heterocycles. The maximum Gasteiger partial charge on any atom is 0.319 e. The normalized spacial score (nSPS) is 13.3. The quantitative estimate of drug-likeness (QED) is 0.806. The van der Waals surface area contributed by atoms with Gasteiger partial charge in [0, 0.05) is 0 Å². The first-order chi connectivity index (χ1) is 10.4. The van der Waals surface area contributed by atoms with Crippen molar-refractivity contribution < 1.29 is 14.3 Å². The van der Waals surface area contributed by atoms with E-state index in [1.807, 2.05) is 6.07 Å². The number of aliphatic hydroxyl groups is 1. The summed E-state index contributed by atoms with van der Waals surface area (Å²) in [6.45, 7) is 1.56. The van der Waals surface area contributed by atoms with Crippen molar-refractivity contribution in [3.8, 4) is 0 Å². The summed E-state index contributed by atoms with van der Waals surface area (Å²) in [5.74, 6) is -0.700. The fourth-order valence-electron chi connectivity index (χ4n) is 1.92. The number of urea groups is 1. The average Bonchev–Trinajstić information content (AvgIpc) is 2.51. The third-order valence-corrected chi connectivity index (χ3v) is 3.48. The first-order valence-electron chi connectivity index (χ1n) is 6.67. The second kappa shape index (κ2) is 6.77. The Labute approximate surface area is 132 Å². The molecular weight excluding hydrogens is 307 g/mol. The lowest BCUT2D eigenvalue weighted by atomic mass is 9.96. The highest BCUT2D eigenvalue weighted by Gasteiger charge is 2.23. The molecule has 3 N–H and O–H groups in total. The summed E-state index contributed by atoms with van der Waals surface area (Å²) in [5.41, 5.74) is -0.584. The van der Waals surface area contributed by atoms with Gasteiger partial charge in [-0.1, -0.05) is 48.0 Å². The molecular formula is C16H16ClFN2O2. The number of halogens is 2. The van der Waals surface area contributed by atoms with Crippen LogP contribution in [0, 0.1) is 5.82 Å². The molecule has 0 radical (unpaired) electrons. The van der Waals surface area contributed by atoms with Crippen LogP contribution in [0.15, 0.2) is 48.5 Å². The molecule has 1 unspecified atom stereocenters. The van der Waals surface area contributed by atoms with Crippen molar-refractivity contribution in [2.75, 3.05) is 11.9 Å². The van der Waals surface area contributed by atoms with E-state index in [4.69, 9.17) is 11.6 Å². The van der Waals surface area contributed by atoms with Crippen molar-refractivity contribution >= 4 is 23.3 Å². The number of anilines is 1. The number of hydrogen-bond donors (Lipinski definition) is 3. The smallest absolute Gasteiger partial charge is 0.319 e. The topological polar surface area (TPSA) is 61.4 Å². The summed E-state index contributed by atoms with van der Waals surface area (Å²) in [7, 11) is 0. The van der Waals surface area contributed by atoms with Gasteiger partial charge in [-0.05, 0) is 24.6 Å². The SMILES string of the molecule is CC(O)(CNC(=O)Nc1cccc(Cl)c1F)c1ccccc1. The minimum absolute atomic E-state index is 0.0228. The highest BCUT2D eigenvalue weighted by atomic mass is 35.5. The van der Waals surface area contributed by atoms with Gasteiger partial charge in [0.15, 0.2) is 5.82 Å². The van der Waals surface area contributed by atoms with Crippen LogP contribution in [-0.2, 0) is 5.60 Å². The fourth-order valence-corrected chi connectivity index (χ4v) is 2.09. The summed E-state index contributed by atoms with van der Waals surface area (Å²) >= 11 is 5.64. The lowest BCUT2D eigenvalue weighted by molar-refractivity contribution is 0.0599. The highest BCUT2D eigenvalue weighted by molar-refractivity contribution is 6.31.